The van der Waals surface area contributed by atoms with Crippen molar-refractivity contribution in [3.63, 3.8) is 0 Å². The van der Waals surface area contributed by atoms with E-state index in [1.54, 1.807) is 19.9 Å². The monoisotopic (exact) mass is 402 g/mol. The maximum atomic E-state index is 12.4. The number of carbonyl (C=O) groups excluding carboxylic acids is 4. The van der Waals surface area contributed by atoms with Gasteiger partial charge in [0.15, 0.2) is 5.78 Å². The van der Waals surface area contributed by atoms with Gasteiger partial charge in [-0.25, -0.2) is 9.59 Å². The van der Waals surface area contributed by atoms with E-state index in [0.717, 1.165) is 11.1 Å². The lowest BCUT2D eigenvalue weighted by Crippen LogP contribution is -2.50. The number of aryl methyl sites for hydroxylation is 2. The van der Waals surface area contributed by atoms with E-state index < -0.39 is 24.0 Å². The Morgan fingerprint density at radius 2 is 1.83 bits per heavy atom. The Labute approximate surface area is 169 Å². The summed E-state index contributed by atoms with van der Waals surface area (Å²) in [5.74, 6) is -1.33. The molecule has 0 aromatic heterocycles. The van der Waals surface area contributed by atoms with E-state index >= 15 is 0 Å². The molecule has 1 aromatic rings. The summed E-state index contributed by atoms with van der Waals surface area (Å²) in [6.07, 6.45) is -0.0901. The van der Waals surface area contributed by atoms with Gasteiger partial charge in [0.25, 0.3) is 0 Å². The van der Waals surface area contributed by atoms with Gasteiger partial charge in [0, 0.05) is 12.0 Å². The average Bonchev–Trinajstić information content (AvgIpc) is 2.65. The van der Waals surface area contributed by atoms with Crippen LogP contribution in [0.15, 0.2) is 29.5 Å². The summed E-state index contributed by atoms with van der Waals surface area (Å²) in [6, 6.07) is 4.50. The lowest BCUT2D eigenvalue weighted by atomic mass is 9.99. The normalized spacial score (nSPS) is 16.0. The molecule has 0 fully saturated rings. The second-order valence-corrected chi connectivity index (χ2v) is 6.84. The molecule has 8 nitrogen and oxygen atoms in total. The molecule has 1 aromatic carbocycles. The molecular formula is C21H26N2O6. The van der Waals surface area contributed by atoms with Gasteiger partial charge in [0.05, 0.1) is 30.3 Å². The Morgan fingerprint density at radius 3 is 2.52 bits per heavy atom. The molecule has 0 radical (unpaired) electrons. The summed E-state index contributed by atoms with van der Waals surface area (Å²) in [7, 11) is 0. The number of rotatable bonds is 8. The number of ketones is 1. The summed E-state index contributed by atoms with van der Waals surface area (Å²) >= 11 is 0. The second kappa shape index (κ2) is 9.86. The second-order valence-electron chi connectivity index (χ2n) is 6.84. The van der Waals surface area contributed by atoms with Crippen LogP contribution in [0.3, 0.4) is 0 Å². The summed E-state index contributed by atoms with van der Waals surface area (Å²) < 4.78 is 10.2. The Bertz CT molecular complexity index is 859. The summed E-state index contributed by atoms with van der Waals surface area (Å²) in [5.41, 5.74) is 2.78. The number of carbonyl (C=O) groups is 4. The molecule has 0 spiro atoms. The average molecular weight is 402 g/mol. The standard InChI is InChI=1S/C21H26N2O6/c1-5-28-20(26)19-14(4)22-21(27)23-16(19)11-29-18(25)9-8-17(24)15-10-12(2)6-7-13(15)3/h6-7,10,14H,5,8-9,11H2,1-4H3,(H2,22,23,27)/t14-/m1/s1. The van der Waals surface area contributed by atoms with Gasteiger partial charge in [0.2, 0.25) is 0 Å². The van der Waals surface area contributed by atoms with Crippen molar-refractivity contribution >= 4 is 23.8 Å². The van der Waals surface area contributed by atoms with Crippen molar-refractivity contribution in [2.75, 3.05) is 13.2 Å². The smallest absolute Gasteiger partial charge is 0.338 e. The predicted octanol–water partition coefficient (Wildman–Crippen LogP) is 2.33. The first kappa shape index (κ1) is 22.1. The number of benzene rings is 1. The molecule has 0 saturated heterocycles. The maximum Gasteiger partial charge on any atom is 0.338 e. The number of amides is 2. The summed E-state index contributed by atoms with van der Waals surface area (Å²) in [4.78, 5) is 48.3. The van der Waals surface area contributed by atoms with Crippen molar-refractivity contribution in [2.45, 2.75) is 46.6 Å². The first-order chi connectivity index (χ1) is 13.7. The largest absolute Gasteiger partial charge is 0.463 e. The van der Waals surface area contributed by atoms with E-state index in [9.17, 15) is 19.2 Å². The fraction of sp³-hybridized carbons (Fsp3) is 0.429. The van der Waals surface area contributed by atoms with Gasteiger partial charge >= 0.3 is 18.0 Å². The highest BCUT2D eigenvalue weighted by molar-refractivity contribution is 5.99. The van der Waals surface area contributed by atoms with E-state index in [-0.39, 0.29) is 43.1 Å². The molecular weight excluding hydrogens is 376 g/mol. The predicted molar refractivity (Wildman–Crippen MR) is 105 cm³/mol. The van der Waals surface area contributed by atoms with Crippen molar-refractivity contribution in [2.24, 2.45) is 0 Å². The van der Waals surface area contributed by atoms with Crippen molar-refractivity contribution in [3.8, 4) is 0 Å². The van der Waals surface area contributed by atoms with E-state index in [0.29, 0.717) is 5.56 Å². The fourth-order valence-corrected chi connectivity index (χ4v) is 3.00. The van der Waals surface area contributed by atoms with Gasteiger partial charge in [-0.2, -0.15) is 0 Å². The van der Waals surface area contributed by atoms with Crippen molar-refractivity contribution < 1.29 is 28.7 Å². The van der Waals surface area contributed by atoms with Crippen LogP contribution < -0.4 is 10.6 Å². The number of hydrogen-bond donors (Lipinski definition) is 2. The molecule has 0 saturated carbocycles. The van der Waals surface area contributed by atoms with Gasteiger partial charge in [-0.05, 0) is 39.3 Å². The molecule has 29 heavy (non-hydrogen) atoms. The zero-order valence-electron chi connectivity index (χ0n) is 17.1. The molecule has 2 N–H and O–H groups in total. The van der Waals surface area contributed by atoms with Gasteiger partial charge in [-0.1, -0.05) is 17.7 Å². The van der Waals surface area contributed by atoms with Crippen LogP contribution in [0.2, 0.25) is 0 Å². The summed E-state index contributed by atoms with van der Waals surface area (Å²) in [5, 5.41) is 5.04. The van der Waals surface area contributed by atoms with Gasteiger partial charge < -0.3 is 20.1 Å². The number of hydrogen-bond acceptors (Lipinski definition) is 6. The van der Waals surface area contributed by atoms with Crippen LogP contribution in [0.1, 0.15) is 48.2 Å². The molecule has 1 atom stereocenters. The molecule has 0 aliphatic carbocycles. The molecule has 0 bridgehead atoms. The number of Topliss-reactive ketones (excluding diaryl/α,β-unsaturated/α-hetero) is 1. The number of ether oxygens (including phenoxy) is 2. The topological polar surface area (TPSA) is 111 Å². The van der Waals surface area contributed by atoms with Crippen LogP contribution in [-0.2, 0) is 19.1 Å². The third-order valence-corrected chi connectivity index (χ3v) is 4.49. The Morgan fingerprint density at radius 1 is 1.10 bits per heavy atom. The third kappa shape index (κ3) is 5.91. The zero-order valence-corrected chi connectivity index (χ0v) is 17.1. The minimum absolute atomic E-state index is 0.0111. The van der Waals surface area contributed by atoms with E-state index in [4.69, 9.17) is 9.47 Å². The van der Waals surface area contributed by atoms with Crippen LogP contribution in [0, 0.1) is 13.8 Å². The molecule has 2 rings (SSSR count). The van der Waals surface area contributed by atoms with Crippen LogP contribution in [-0.4, -0.2) is 43.0 Å². The number of urea groups is 1. The maximum absolute atomic E-state index is 12.4. The van der Waals surface area contributed by atoms with E-state index in [1.165, 1.54) is 0 Å². The Hall–Kier alpha value is -3.16. The quantitative estimate of drug-likeness (QED) is 0.510. The minimum Gasteiger partial charge on any atom is -0.463 e. The van der Waals surface area contributed by atoms with Gasteiger partial charge in [0.1, 0.15) is 6.61 Å². The van der Waals surface area contributed by atoms with Crippen LogP contribution in [0.4, 0.5) is 4.79 Å². The van der Waals surface area contributed by atoms with Gasteiger partial charge in [-0.15, -0.1) is 0 Å². The lowest BCUT2D eigenvalue weighted by molar-refractivity contribution is -0.143. The zero-order chi connectivity index (χ0) is 21.6. The molecule has 0 unspecified atom stereocenters. The molecule has 1 aliphatic rings. The number of nitrogens with one attached hydrogen (secondary N) is 2. The third-order valence-electron chi connectivity index (χ3n) is 4.49. The molecule has 1 heterocycles. The Balaban J connectivity index is 1.98. The Kier molecular flexibility index (Phi) is 7.52. The van der Waals surface area contributed by atoms with Crippen LogP contribution in [0.25, 0.3) is 0 Å². The molecule has 2 amide bonds. The highest BCUT2D eigenvalue weighted by Gasteiger charge is 2.30. The fourth-order valence-electron chi connectivity index (χ4n) is 3.00. The van der Waals surface area contributed by atoms with E-state index in [2.05, 4.69) is 10.6 Å². The van der Waals surface area contributed by atoms with Crippen molar-refractivity contribution in [1.82, 2.24) is 10.6 Å². The molecule has 156 valence electrons. The van der Waals surface area contributed by atoms with Crippen LogP contribution in [0.5, 0.6) is 0 Å². The highest BCUT2D eigenvalue weighted by Crippen LogP contribution is 2.16. The minimum atomic E-state index is -0.597. The van der Waals surface area contributed by atoms with E-state index in [1.807, 2.05) is 26.0 Å². The molecule has 1 aliphatic heterocycles. The van der Waals surface area contributed by atoms with Crippen molar-refractivity contribution in [1.29, 1.82) is 0 Å². The SMILES string of the molecule is CCOC(=O)C1=C(COC(=O)CCC(=O)c2cc(C)ccc2C)NC(=O)N[C@@H]1C. The van der Waals surface area contributed by atoms with Crippen molar-refractivity contribution in [3.05, 3.63) is 46.2 Å². The van der Waals surface area contributed by atoms with Gasteiger partial charge in [-0.3, -0.25) is 9.59 Å². The lowest BCUT2D eigenvalue weighted by Gasteiger charge is -2.26. The molecule has 8 heteroatoms. The highest BCUT2D eigenvalue weighted by atomic mass is 16.5. The number of esters is 2. The first-order valence-electron chi connectivity index (χ1n) is 9.46. The summed E-state index contributed by atoms with van der Waals surface area (Å²) in [6.45, 7) is 6.93. The van der Waals surface area contributed by atoms with Crippen LogP contribution >= 0.6 is 0 Å². The first-order valence-corrected chi connectivity index (χ1v) is 9.46.